The van der Waals surface area contributed by atoms with Gasteiger partial charge in [0.05, 0.1) is 6.04 Å². The highest BCUT2D eigenvalue weighted by Gasteiger charge is 2.29. The Balaban J connectivity index is 2.13. The summed E-state index contributed by atoms with van der Waals surface area (Å²) in [6.45, 7) is 3.79. The van der Waals surface area contributed by atoms with E-state index in [1.54, 1.807) is 6.20 Å². The lowest BCUT2D eigenvalue weighted by molar-refractivity contribution is -0.143. The summed E-state index contributed by atoms with van der Waals surface area (Å²) in [7, 11) is 0. The maximum Gasteiger partial charge on any atom is 0.326 e. The molecule has 10 heteroatoms. The molecule has 2 amide bonds. The molecule has 0 aliphatic heterocycles. The van der Waals surface area contributed by atoms with Crippen LogP contribution in [0, 0.1) is 5.92 Å². The SMILES string of the molecule is CC(C)C[C@H](N)C(=O)N[C@@H](CCC(=O)O)C(=O)N[C@@H](Cc1c[nH]c2ccccc12)C(=O)O. The van der Waals surface area contributed by atoms with Crippen molar-refractivity contribution in [3.63, 3.8) is 0 Å². The van der Waals surface area contributed by atoms with Crippen LogP contribution in [-0.2, 0) is 25.6 Å². The van der Waals surface area contributed by atoms with E-state index in [0.29, 0.717) is 12.0 Å². The van der Waals surface area contributed by atoms with Gasteiger partial charge in [-0.1, -0.05) is 32.0 Å². The number of nitrogens with two attached hydrogens (primary N) is 1. The van der Waals surface area contributed by atoms with Crippen molar-refractivity contribution in [3.8, 4) is 0 Å². The van der Waals surface area contributed by atoms with Crippen molar-refractivity contribution < 1.29 is 29.4 Å². The van der Waals surface area contributed by atoms with Crippen molar-refractivity contribution in [1.82, 2.24) is 15.6 Å². The Morgan fingerprint density at radius 3 is 2.31 bits per heavy atom. The van der Waals surface area contributed by atoms with E-state index in [-0.39, 0.29) is 25.2 Å². The molecule has 174 valence electrons. The van der Waals surface area contributed by atoms with E-state index in [1.807, 2.05) is 38.1 Å². The summed E-state index contributed by atoms with van der Waals surface area (Å²) in [6, 6.07) is 4.01. The van der Waals surface area contributed by atoms with Gasteiger partial charge in [0.15, 0.2) is 0 Å². The molecule has 0 fully saturated rings. The maximum atomic E-state index is 12.8. The topological polar surface area (TPSA) is 175 Å². The Kier molecular flexibility index (Phi) is 8.77. The Bertz CT molecular complexity index is 970. The molecule has 7 N–H and O–H groups in total. The van der Waals surface area contributed by atoms with Crippen molar-refractivity contribution in [3.05, 3.63) is 36.0 Å². The number of rotatable bonds is 12. The molecule has 0 saturated carbocycles. The van der Waals surface area contributed by atoms with E-state index in [0.717, 1.165) is 10.9 Å². The third-order valence-electron chi connectivity index (χ3n) is 5.06. The Labute approximate surface area is 185 Å². The first-order valence-corrected chi connectivity index (χ1v) is 10.4. The molecular formula is C22H30N4O6. The van der Waals surface area contributed by atoms with Gasteiger partial charge in [-0.25, -0.2) is 4.79 Å². The van der Waals surface area contributed by atoms with Crippen molar-refractivity contribution in [1.29, 1.82) is 0 Å². The van der Waals surface area contributed by atoms with E-state index in [9.17, 15) is 24.3 Å². The van der Waals surface area contributed by atoms with E-state index >= 15 is 0 Å². The lowest BCUT2D eigenvalue weighted by Gasteiger charge is -2.23. The van der Waals surface area contributed by atoms with E-state index < -0.39 is 41.9 Å². The summed E-state index contributed by atoms with van der Waals surface area (Å²) in [6.07, 6.45) is 1.51. The summed E-state index contributed by atoms with van der Waals surface area (Å²) >= 11 is 0. The molecule has 0 bridgehead atoms. The van der Waals surface area contributed by atoms with E-state index in [4.69, 9.17) is 10.8 Å². The molecule has 1 heterocycles. The number of aromatic nitrogens is 1. The van der Waals surface area contributed by atoms with Crippen LogP contribution in [0.2, 0.25) is 0 Å². The van der Waals surface area contributed by atoms with Crippen LogP contribution in [-0.4, -0.2) is 57.1 Å². The Hall–Kier alpha value is -3.40. The minimum absolute atomic E-state index is 0.0115. The van der Waals surface area contributed by atoms with Crippen molar-refractivity contribution >= 4 is 34.7 Å². The molecule has 1 aromatic heterocycles. The maximum absolute atomic E-state index is 12.8. The highest BCUT2D eigenvalue weighted by molar-refractivity contribution is 5.92. The first kappa shape index (κ1) is 24.9. The van der Waals surface area contributed by atoms with Gasteiger partial charge in [0.2, 0.25) is 11.8 Å². The monoisotopic (exact) mass is 446 g/mol. The van der Waals surface area contributed by atoms with Crippen LogP contribution < -0.4 is 16.4 Å². The fraction of sp³-hybridized carbons (Fsp3) is 0.455. The second-order valence-corrected chi connectivity index (χ2v) is 8.19. The summed E-state index contributed by atoms with van der Waals surface area (Å²) < 4.78 is 0. The largest absolute Gasteiger partial charge is 0.481 e. The van der Waals surface area contributed by atoms with Gasteiger partial charge in [0.1, 0.15) is 12.1 Å². The highest BCUT2D eigenvalue weighted by Crippen LogP contribution is 2.19. The number of carboxylic acid groups (broad SMARTS) is 2. The lowest BCUT2D eigenvalue weighted by Crippen LogP contribution is -2.55. The quantitative estimate of drug-likeness (QED) is 0.282. The van der Waals surface area contributed by atoms with Gasteiger partial charge in [-0.05, 0) is 30.4 Å². The van der Waals surface area contributed by atoms with Crippen LogP contribution in [0.25, 0.3) is 10.9 Å². The minimum atomic E-state index is -1.27. The van der Waals surface area contributed by atoms with Crippen molar-refractivity contribution in [2.75, 3.05) is 0 Å². The Morgan fingerprint density at radius 1 is 1.03 bits per heavy atom. The number of carbonyl (C=O) groups excluding carboxylic acids is 2. The summed E-state index contributed by atoms with van der Waals surface area (Å²) in [5.74, 6) is -3.61. The van der Waals surface area contributed by atoms with Crippen molar-refractivity contribution in [2.24, 2.45) is 11.7 Å². The van der Waals surface area contributed by atoms with Gasteiger partial charge in [0.25, 0.3) is 0 Å². The number of carbonyl (C=O) groups is 4. The number of H-pyrrole nitrogens is 1. The number of fused-ring (bicyclic) bond motifs is 1. The zero-order valence-corrected chi connectivity index (χ0v) is 18.1. The number of aliphatic carboxylic acids is 2. The van der Waals surface area contributed by atoms with Crippen LogP contribution in [0.15, 0.2) is 30.5 Å². The fourth-order valence-corrected chi connectivity index (χ4v) is 3.42. The number of benzene rings is 1. The molecule has 0 spiro atoms. The standard InChI is InChI=1S/C22H30N4O6/c1-12(2)9-15(23)20(29)25-17(7-8-19(27)28)21(30)26-18(22(31)32)10-13-11-24-16-6-4-3-5-14(13)16/h3-6,11-12,15,17-18,24H,7-10,23H2,1-2H3,(H,25,29)(H,26,30)(H,27,28)(H,31,32)/t15-,17-,18-/m0/s1. The lowest BCUT2D eigenvalue weighted by atomic mass is 10.0. The van der Waals surface area contributed by atoms with Crippen LogP contribution in [0.5, 0.6) is 0 Å². The fourth-order valence-electron chi connectivity index (χ4n) is 3.42. The number of hydrogen-bond donors (Lipinski definition) is 6. The normalized spacial score (nSPS) is 14.0. The van der Waals surface area contributed by atoms with Gasteiger partial charge in [-0.2, -0.15) is 0 Å². The van der Waals surface area contributed by atoms with E-state index in [1.165, 1.54) is 0 Å². The number of para-hydroxylation sites is 1. The zero-order valence-electron chi connectivity index (χ0n) is 18.1. The Morgan fingerprint density at radius 2 is 1.69 bits per heavy atom. The van der Waals surface area contributed by atoms with E-state index in [2.05, 4.69) is 15.6 Å². The number of nitrogens with one attached hydrogen (secondary N) is 3. The molecule has 2 aromatic rings. The molecule has 1 aromatic carbocycles. The van der Waals surface area contributed by atoms with Gasteiger partial charge < -0.3 is 31.6 Å². The van der Waals surface area contributed by atoms with Crippen molar-refractivity contribution in [2.45, 2.75) is 57.7 Å². The summed E-state index contributed by atoms with van der Waals surface area (Å²) in [5, 5.41) is 24.4. The molecule has 0 saturated heterocycles. The molecule has 0 aliphatic carbocycles. The van der Waals surface area contributed by atoms with Gasteiger partial charge in [0, 0.05) is 29.9 Å². The number of hydrogen-bond acceptors (Lipinski definition) is 5. The van der Waals surface area contributed by atoms with Crippen LogP contribution in [0.1, 0.15) is 38.7 Å². The molecule has 32 heavy (non-hydrogen) atoms. The summed E-state index contributed by atoms with van der Waals surface area (Å²) in [4.78, 5) is 51.0. The first-order valence-electron chi connectivity index (χ1n) is 10.4. The second-order valence-electron chi connectivity index (χ2n) is 8.19. The molecule has 10 nitrogen and oxygen atoms in total. The van der Waals surface area contributed by atoms with Crippen LogP contribution >= 0.6 is 0 Å². The molecule has 2 rings (SSSR count). The van der Waals surface area contributed by atoms with Gasteiger partial charge in [-0.15, -0.1) is 0 Å². The highest BCUT2D eigenvalue weighted by atomic mass is 16.4. The molecule has 0 unspecified atom stereocenters. The third-order valence-corrected chi connectivity index (χ3v) is 5.06. The molecule has 3 atom stereocenters. The number of aromatic amines is 1. The average molecular weight is 447 g/mol. The molecule has 0 radical (unpaired) electrons. The average Bonchev–Trinajstić information content (AvgIpc) is 3.12. The first-order chi connectivity index (χ1) is 15.1. The second kappa shape index (κ2) is 11.3. The van der Waals surface area contributed by atoms with Gasteiger partial charge in [-0.3, -0.25) is 14.4 Å². The van der Waals surface area contributed by atoms with Crippen LogP contribution in [0.4, 0.5) is 0 Å². The minimum Gasteiger partial charge on any atom is -0.481 e. The van der Waals surface area contributed by atoms with Crippen LogP contribution in [0.3, 0.4) is 0 Å². The zero-order chi connectivity index (χ0) is 23.8. The van der Waals surface area contributed by atoms with Gasteiger partial charge >= 0.3 is 11.9 Å². The predicted molar refractivity (Wildman–Crippen MR) is 118 cm³/mol. The third kappa shape index (κ3) is 7.09. The predicted octanol–water partition coefficient (Wildman–Crippen LogP) is 1.00. The number of carboxylic acids is 2. The molecular weight excluding hydrogens is 416 g/mol. The summed E-state index contributed by atoms with van der Waals surface area (Å²) in [5.41, 5.74) is 7.40. The molecule has 0 aliphatic rings. The number of amides is 2. The smallest absolute Gasteiger partial charge is 0.326 e.